The number of thioether (sulfide) groups is 1. The van der Waals surface area contributed by atoms with Crippen molar-refractivity contribution in [3.05, 3.63) is 46.9 Å². The number of rotatable bonds is 8. The summed E-state index contributed by atoms with van der Waals surface area (Å²) in [6, 6.07) is 10.1. The highest BCUT2D eigenvalue weighted by atomic mass is 32.2. The Morgan fingerprint density at radius 1 is 1.32 bits per heavy atom. The van der Waals surface area contributed by atoms with Crippen LogP contribution in [-0.4, -0.2) is 32.7 Å². The molecule has 0 atom stereocenters. The van der Waals surface area contributed by atoms with Crippen LogP contribution in [0.3, 0.4) is 0 Å². The number of nitrogens with one attached hydrogen (secondary N) is 2. The maximum atomic E-state index is 13.1. The quantitative estimate of drug-likeness (QED) is 0.345. The number of fused-ring (bicyclic) bond motifs is 1. The van der Waals surface area contributed by atoms with E-state index in [0.29, 0.717) is 22.7 Å². The van der Waals surface area contributed by atoms with Crippen molar-refractivity contribution < 1.29 is 4.79 Å². The van der Waals surface area contributed by atoms with Gasteiger partial charge in [-0.1, -0.05) is 55.4 Å². The number of hydrogen-bond donors (Lipinski definition) is 2. The largest absolute Gasteiger partial charge is 0.355 e. The Bertz CT molecular complexity index is 1040. The monoisotopic (exact) mass is 396 g/mol. The summed E-state index contributed by atoms with van der Waals surface area (Å²) >= 11 is 1.34. The molecule has 1 fully saturated rings. The summed E-state index contributed by atoms with van der Waals surface area (Å²) in [5.74, 6) is 0.243. The maximum absolute atomic E-state index is 13.1. The molecule has 2 aromatic heterocycles. The molecule has 146 valence electrons. The highest BCUT2D eigenvalue weighted by molar-refractivity contribution is 7.99. The zero-order valence-corrected chi connectivity index (χ0v) is 16.7. The third kappa shape index (κ3) is 3.85. The van der Waals surface area contributed by atoms with Crippen LogP contribution in [0.1, 0.15) is 38.6 Å². The number of carbonyl (C=O) groups is 1. The van der Waals surface area contributed by atoms with E-state index in [1.165, 1.54) is 11.8 Å². The predicted molar refractivity (Wildman–Crippen MR) is 113 cm³/mol. The summed E-state index contributed by atoms with van der Waals surface area (Å²) in [6.45, 7) is 2.78. The molecule has 0 radical (unpaired) electrons. The normalized spacial score (nSPS) is 13.8. The van der Waals surface area contributed by atoms with Crippen LogP contribution < -0.4 is 10.9 Å². The van der Waals surface area contributed by atoms with Crippen LogP contribution in [0.5, 0.6) is 0 Å². The molecule has 2 N–H and O–H groups in total. The van der Waals surface area contributed by atoms with Crippen molar-refractivity contribution in [3.8, 4) is 11.1 Å². The van der Waals surface area contributed by atoms with E-state index in [1.807, 2.05) is 36.5 Å². The minimum absolute atomic E-state index is 0.0208. The van der Waals surface area contributed by atoms with Crippen molar-refractivity contribution in [2.45, 2.75) is 43.8 Å². The molecule has 7 heteroatoms. The summed E-state index contributed by atoms with van der Waals surface area (Å²) in [6.07, 6.45) is 5.82. The maximum Gasteiger partial charge on any atom is 0.278 e. The van der Waals surface area contributed by atoms with Crippen LogP contribution in [0.25, 0.3) is 22.2 Å². The average molecular weight is 397 g/mol. The SMILES string of the molecule is CCCCNC(=O)CSc1nc2c(-c3ccccc3)c[nH]c2c(=O)n1C1CC1. The fraction of sp³-hybridized carbons (Fsp3) is 0.381. The van der Waals surface area contributed by atoms with Crippen molar-refractivity contribution >= 4 is 28.7 Å². The molecule has 6 nitrogen and oxygen atoms in total. The Morgan fingerprint density at radius 2 is 2.11 bits per heavy atom. The molecule has 1 amide bonds. The first kappa shape index (κ1) is 18.8. The Hall–Kier alpha value is -2.54. The van der Waals surface area contributed by atoms with Gasteiger partial charge in [0.1, 0.15) is 11.0 Å². The number of aromatic nitrogens is 3. The average Bonchev–Trinajstić information content (AvgIpc) is 3.45. The minimum atomic E-state index is -0.0522. The first-order chi connectivity index (χ1) is 13.7. The van der Waals surface area contributed by atoms with Crippen molar-refractivity contribution in [2.75, 3.05) is 12.3 Å². The molecule has 0 bridgehead atoms. The smallest absolute Gasteiger partial charge is 0.278 e. The zero-order valence-electron chi connectivity index (χ0n) is 15.9. The van der Waals surface area contributed by atoms with Gasteiger partial charge in [0.25, 0.3) is 5.56 Å². The summed E-state index contributed by atoms with van der Waals surface area (Å²) in [7, 11) is 0. The van der Waals surface area contributed by atoms with E-state index in [2.05, 4.69) is 17.2 Å². The molecular formula is C21H24N4O2S. The van der Waals surface area contributed by atoms with Crippen molar-refractivity contribution in [1.82, 2.24) is 19.9 Å². The number of nitrogens with zero attached hydrogens (tertiary/aromatic N) is 2. The van der Waals surface area contributed by atoms with Gasteiger partial charge < -0.3 is 10.3 Å². The molecule has 1 aliphatic rings. The van der Waals surface area contributed by atoms with Gasteiger partial charge in [0.2, 0.25) is 5.91 Å². The molecule has 0 aliphatic heterocycles. The van der Waals surface area contributed by atoms with E-state index < -0.39 is 0 Å². The van der Waals surface area contributed by atoms with E-state index in [4.69, 9.17) is 4.98 Å². The molecule has 1 saturated carbocycles. The zero-order chi connectivity index (χ0) is 19.5. The van der Waals surface area contributed by atoms with Crippen molar-refractivity contribution in [2.24, 2.45) is 0 Å². The van der Waals surface area contributed by atoms with E-state index in [-0.39, 0.29) is 23.3 Å². The Balaban J connectivity index is 1.67. The molecule has 3 aromatic rings. The number of H-pyrrole nitrogens is 1. The highest BCUT2D eigenvalue weighted by Gasteiger charge is 2.29. The molecule has 0 unspecified atom stereocenters. The van der Waals surface area contributed by atoms with Gasteiger partial charge in [-0.25, -0.2) is 4.98 Å². The summed E-state index contributed by atoms with van der Waals surface area (Å²) in [5, 5.41) is 3.55. The lowest BCUT2D eigenvalue weighted by molar-refractivity contribution is -0.118. The lowest BCUT2D eigenvalue weighted by Crippen LogP contribution is -2.27. The Morgan fingerprint density at radius 3 is 2.82 bits per heavy atom. The van der Waals surface area contributed by atoms with E-state index >= 15 is 0 Å². The summed E-state index contributed by atoms with van der Waals surface area (Å²) in [5.41, 5.74) is 3.07. The first-order valence-corrected chi connectivity index (χ1v) is 10.8. The number of unbranched alkanes of at least 4 members (excludes halogenated alkanes) is 1. The molecular weight excluding hydrogens is 372 g/mol. The van der Waals surface area contributed by atoms with Crippen LogP contribution >= 0.6 is 11.8 Å². The van der Waals surface area contributed by atoms with Crippen molar-refractivity contribution in [3.63, 3.8) is 0 Å². The number of aromatic amines is 1. The third-order valence-electron chi connectivity index (χ3n) is 4.88. The lowest BCUT2D eigenvalue weighted by Gasteiger charge is -2.11. The standard InChI is InChI=1S/C21H24N4O2S/c1-2-3-11-22-17(26)13-28-21-24-18-16(14-7-5-4-6-8-14)12-23-19(18)20(27)25(21)15-9-10-15/h4-8,12,15,23H,2-3,9-11,13H2,1H3,(H,22,26). The first-order valence-electron chi connectivity index (χ1n) is 9.77. The van der Waals surface area contributed by atoms with Crippen LogP contribution in [0.2, 0.25) is 0 Å². The minimum Gasteiger partial charge on any atom is -0.355 e. The molecule has 4 rings (SSSR count). The molecule has 1 aliphatic carbocycles. The summed E-state index contributed by atoms with van der Waals surface area (Å²) in [4.78, 5) is 33.2. The van der Waals surface area contributed by atoms with Gasteiger partial charge in [-0.3, -0.25) is 14.2 Å². The fourth-order valence-corrected chi connectivity index (χ4v) is 4.12. The van der Waals surface area contributed by atoms with Gasteiger partial charge in [0.15, 0.2) is 5.16 Å². The number of carbonyl (C=O) groups excluding carboxylic acids is 1. The molecule has 0 saturated heterocycles. The van der Waals surface area contributed by atoms with E-state index in [0.717, 1.165) is 36.8 Å². The second-order valence-electron chi connectivity index (χ2n) is 7.08. The van der Waals surface area contributed by atoms with Gasteiger partial charge in [-0.15, -0.1) is 0 Å². The van der Waals surface area contributed by atoms with Gasteiger partial charge in [-0.2, -0.15) is 0 Å². The van der Waals surface area contributed by atoms with Crippen LogP contribution in [-0.2, 0) is 4.79 Å². The number of benzene rings is 1. The lowest BCUT2D eigenvalue weighted by atomic mass is 10.1. The highest BCUT2D eigenvalue weighted by Crippen LogP contribution is 2.37. The fourth-order valence-electron chi connectivity index (χ4n) is 3.23. The van der Waals surface area contributed by atoms with Crippen molar-refractivity contribution in [1.29, 1.82) is 0 Å². The topological polar surface area (TPSA) is 79.8 Å². The summed E-state index contributed by atoms with van der Waals surface area (Å²) < 4.78 is 1.76. The third-order valence-corrected chi connectivity index (χ3v) is 5.83. The Kier molecular flexibility index (Phi) is 5.52. The van der Waals surface area contributed by atoms with Crippen LogP contribution in [0, 0.1) is 0 Å². The molecule has 28 heavy (non-hydrogen) atoms. The second kappa shape index (κ2) is 8.22. The van der Waals surface area contributed by atoms with E-state index in [9.17, 15) is 9.59 Å². The van der Waals surface area contributed by atoms with Gasteiger partial charge in [-0.05, 0) is 24.8 Å². The van der Waals surface area contributed by atoms with Gasteiger partial charge in [0.05, 0.1) is 5.75 Å². The number of hydrogen-bond acceptors (Lipinski definition) is 4. The second-order valence-corrected chi connectivity index (χ2v) is 8.03. The molecule has 1 aromatic carbocycles. The van der Waals surface area contributed by atoms with E-state index in [1.54, 1.807) is 4.57 Å². The van der Waals surface area contributed by atoms with Gasteiger partial charge >= 0.3 is 0 Å². The Labute approximate surface area is 167 Å². The van der Waals surface area contributed by atoms with Crippen LogP contribution in [0.15, 0.2) is 46.5 Å². The van der Waals surface area contributed by atoms with Crippen LogP contribution in [0.4, 0.5) is 0 Å². The van der Waals surface area contributed by atoms with Gasteiger partial charge in [0, 0.05) is 24.3 Å². The molecule has 2 heterocycles. The number of amides is 1. The predicted octanol–water partition coefficient (Wildman–Crippen LogP) is 3.73. The molecule has 0 spiro atoms.